The largest absolute Gasteiger partial charge is 0.334 e. The van der Waals surface area contributed by atoms with Crippen LogP contribution in [0.1, 0.15) is 12.8 Å². The van der Waals surface area contributed by atoms with Crippen LogP contribution in [0.3, 0.4) is 0 Å². The fourth-order valence-electron chi connectivity index (χ4n) is 1.77. The molecule has 1 rings (SSSR count). The van der Waals surface area contributed by atoms with Crippen molar-refractivity contribution in [2.24, 2.45) is 0 Å². The van der Waals surface area contributed by atoms with Gasteiger partial charge in [-0.2, -0.15) is 0 Å². The molecule has 0 unspecified atom stereocenters. The summed E-state index contributed by atoms with van der Waals surface area (Å²) >= 11 is 0. The first-order valence-electron chi connectivity index (χ1n) is 6.10. The van der Waals surface area contributed by atoms with E-state index in [9.17, 15) is 14.4 Å². The smallest absolute Gasteiger partial charge is 0.320 e. The molecule has 2 N–H and O–H groups in total. The van der Waals surface area contributed by atoms with E-state index in [1.54, 1.807) is 14.1 Å². The molecule has 0 aromatic carbocycles. The second-order valence-electron chi connectivity index (χ2n) is 4.11. The second kappa shape index (κ2) is 7.07. The number of carbonyl (C=O) groups is 3. The number of hydrogen-bond donors (Lipinski definition) is 2. The first-order chi connectivity index (χ1) is 8.63. The van der Waals surface area contributed by atoms with Gasteiger partial charge in [0.1, 0.15) is 0 Å². The summed E-state index contributed by atoms with van der Waals surface area (Å²) in [4.78, 5) is 37.2. The summed E-state index contributed by atoms with van der Waals surface area (Å²) < 4.78 is 0. The summed E-state index contributed by atoms with van der Waals surface area (Å²) in [5.74, 6) is -1.42. The molecule has 1 heterocycles. The van der Waals surface area contributed by atoms with Gasteiger partial charge < -0.3 is 10.6 Å². The van der Waals surface area contributed by atoms with Gasteiger partial charge in [0.15, 0.2) is 0 Å². The Balaban J connectivity index is 2.54. The zero-order valence-electron chi connectivity index (χ0n) is 10.9. The van der Waals surface area contributed by atoms with E-state index in [4.69, 9.17) is 0 Å². The minimum atomic E-state index is -0.708. The van der Waals surface area contributed by atoms with E-state index in [-0.39, 0.29) is 13.1 Å². The van der Waals surface area contributed by atoms with E-state index in [1.807, 2.05) is 0 Å². The Morgan fingerprint density at radius 2 is 1.22 bits per heavy atom. The number of carbonyl (C=O) groups excluding carboxylic acids is 3. The van der Waals surface area contributed by atoms with E-state index in [0.717, 1.165) is 9.80 Å². The van der Waals surface area contributed by atoms with E-state index in [2.05, 4.69) is 10.6 Å². The van der Waals surface area contributed by atoms with Gasteiger partial charge in [-0.3, -0.25) is 19.4 Å². The Hall–Kier alpha value is -1.47. The lowest BCUT2D eigenvalue weighted by Gasteiger charge is -2.15. The zero-order valence-corrected chi connectivity index (χ0v) is 10.9. The van der Waals surface area contributed by atoms with E-state index < -0.39 is 17.8 Å². The molecule has 0 saturated carbocycles. The molecule has 7 heteroatoms. The minimum Gasteiger partial charge on any atom is -0.320 e. The molecule has 7 nitrogen and oxygen atoms in total. The van der Waals surface area contributed by atoms with Crippen molar-refractivity contribution in [1.29, 1.82) is 0 Å². The monoisotopic (exact) mass is 256 g/mol. The Kier molecular flexibility index (Phi) is 5.73. The molecule has 1 aliphatic rings. The predicted octanol–water partition coefficient (Wildman–Crippen LogP) is -1.00. The van der Waals surface area contributed by atoms with E-state index in [0.29, 0.717) is 25.9 Å². The van der Waals surface area contributed by atoms with Crippen LogP contribution < -0.4 is 10.6 Å². The van der Waals surface area contributed by atoms with Gasteiger partial charge in [0.25, 0.3) is 0 Å². The first kappa shape index (κ1) is 14.6. The Morgan fingerprint density at radius 3 is 1.56 bits per heavy atom. The lowest BCUT2D eigenvalue weighted by molar-refractivity contribution is -0.143. The highest BCUT2D eigenvalue weighted by Gasteiger charge is 2.43. The number of nitrogens with zero attached hydrogens (tertiary/aromatic N) is 2. The van der Waals surface area contributed by atoms with Crippen LogP contribution in [0.5, 0.6) is 0 Å². The van der Waals surface area contributed by atoms with Crippen molar-refractivity contribution in [2.45, 2.75) is 12.8 Å². The molecular weight excluding hydrogens is 236 g/mol. The van der Waals surface area contributed by atoms with Gasteiger partial charge in [0.2, 0.25) is 0 Å². The van der Waals surface area contributed by atoms with Gasteiger partial charge in [-0.25, -0.2) is 4.79 Å². The summed E-state index contributed by atoms with van der Waals surface area (Å²) in [6, 6.07) is -0.489. The quantitative estimate of drug-likeness (QED) is 0.330. The zero-order chi connectivity index (χ0) is 13.5. The van der Waals surface area contributed by atoms with Gasteiger partial charge >= 0.3 is 17.8 Å². The molecule has 0 aromatic rings. The molecule has 0 atom stereocenters. The van der Waals surface area contributed by atoms with Crippen molar-refractivity contribution in [1.82, 2.24) is 20.4 Å². The summed E-state index contributed by atoms with van der Waals surface area (Å²) in [5, 5.41) is 5.86. The highest BCUT2D eigenvalue weighted by Crippen LogP contribution is 2.12. The van der Waals surface area contributed by atoms with Gasteiger partial charge in [0.05, 0.1) is 0 Å². The molecule has 1 aliphatic heterocycles. The van der Waals surface area contributed by atoms with E-state index in [1.165, 1.54) is 0 Å². The molecule has 18 heavy (non-hydrogen) atoms. The van der Waals surface area contributed by atoms with Crippen molar-refractivity contribution in [3.63, 3.8) is 0 Å². The van der Waals surface area contributed by atoms with Gasteiger partial charge in [0, 0.05) is 13.1 Å². The summed E-state index contributed by atoms with van der Waals surface area (Å²) in [7, 11) is 3.59. The van der Waals surface area contributed by atoms with Gasteiger partial charge in [-0.1, -0.05) is 0 Å². The van der Waals surface area contributed by atoms with Crippen LogP contribution in [-0.4, -0.2) is 67.9 Å². The number of rotatable bonds is 8. The minimum absolute atomic E-state index is 0.284. The van der Waals surface area contributed by atoms with Crippen LogP contribution in [0.25, 0.3) is 0 Å². The van der Waals surface area contributed by atoms with Crippen LogP contribution in [0.15, 0.2) is 0 Å². The summed E-state index contributed by atoms with van der Waals surface area (Å²) in [5.41, 5.74) is 0. The highest BCUT2D eigenvalue weighted by molar-refractivity contribution is 6.44. The van der Waals surface area contributed by atoms with Crippen molar-refractivity contribution in [3.8, 4) is 0 Å². The topological polar surface area (TPSA) is 81.8 Å². The second-order valence-corrected chi connectivity index (χ2v) is 4.11. The Bertz CT molecular complexity index is 302. The Labute approximate surface area is 106 Å². The lowest BCUT2D eigenvalue weighted by Crippen LogP contribution is -2.35. The molecule has 0 bridgehead atoms. The number of imide groups is 2. The summed E-state index contributed by atoms with van der Waals surface area (Å²) in [6.07, 6.45) is 1.29. The maximum absolute atomic E-state index is 11.9. The molecule has 4 amide bonds. The van der Waals surface area contributed by atoms with Crippen LogP contribution >= 0.6 is 0 Å². The standard InChI is InChI=1S/C11H20N4O3/c1-12-5-3-7-14-9(16)10(17)15(11(14)18)8-4-6-13-2/h12-13H,3-8H2,1-2H3. The van der Waals surface area contributed by atoms with Crippen molar-refractivity contribution in [3.05, 3.63) is 0 Å². The fraction of sp³-hybridized carbons (Fsp3) is 0.727. The maximum Gasteiger partial charge on any atom is 0.334 e. The van der Waals surface area contributed by atoms with Gasteiger partial charge in [-0.15, -0.1) is 0 Å². The molecule has 1 saturated heterocycles. The van der Waals surface area contributed by atoms with Crippen LogP contribution in [0.4, 0.5) is 4.79 Å². The lowest BCUT2D eigenvalue weighted by atomic mass is 10.4. The average molecular weight is 256 g/mol. The third-order valence-corrected chi connectivity index (χ3v) is 2.75. The fourth-order valence-corrected chi connectivity index (χ4v) is 1.77. The van der Waals surface area contributed by atoms with Crippen molar-refractivity contribution < 1.29 is 14.4 Å². The molecule has 0 radical (unpaired) electrons. The molecule has 1 fully saturated rings. The number of hydrogen-bond acceptors (Lipinski definition) is 5. The van der Waals surface area contributed by atoms with Crippen LogP contribution in [-0.2, 0) is 9.59 Å². The normalized spacial score (nSPS) is 16.0. The first-order valence-corrected chi connectivity index (χ1v) is 6.10. The SMILES string of the molecule is CNCCCN1C(=O)C(=O)N(CCCNC)C1=O. The average Bonchev–Trinajstić information content (AvgIpc) is 2.56. The van der Waals surface area contributed by atoms with Crippen LogP contribution in [0.2, 0.25) is 0 Å². The summed E-state index contributed by atoms with van der Waals surface area (Å²) in [6.45, 7) is 1.97. The number of urea groups is 1. The Morgan fingerprint density at radius 1 is 0.833 bits per heavy atom. The molecule has 102 valence electrons. The maximum atomic E-state index is 11.9. The predicted molar refractivity (Wildman–Crippen MR) is 65.9 cm³/mol. The van der Waals surface area contributed by atoms with Crippen LogP contribution in [0, 0.1) is 0 Å². The van der Waals surface area contributed by atoms with Gasteiger partial charge in [-0.05, 0) is 40.0 Å². The third kappa shape index (κ3) is 3.27. The molecule has 0 aromatic heterocycles. The van der Waals surface area contributed by atoms with Crippen molar-refractivity contribution in [2.75, 3.05) is 40.3 Å². The molecule has 0 spiro atoms. The van der Waals surface area contributed by atoms with E-state index >= 15 is 0 Å². The third-order valence-electron chi connectivity index (χ3n) is 2.75. The number of nitrogens with one attached hydrogen (secondary N) is 2. The molecular formula is C11H20N4O3. The number of amides is 4. The van der Waals surface area contributed by atoms with Crippen molar-refractivity contribution >= 4 is 17.8 Å². The highest BCUT2D eigenvalue weighted by atomic mass is 16.2. The molecule has 0 aliphatic carbocycles.